The molecule has 0 bridgehead atoms. The highest BCUT2D eigenvalue weighted by molar-refractivity contribution is 7.80. The normalized spacial score (nSPS) is 26.6. The molecule has 2 heteroatoms. The van der Waals surface area contributed by atoms with Crippen molar-refractivity contribution in [1.82, 2.24) is 4.90 Å². The van der Waals surface area contributed by atoms with E-state index in [4.69, 9.17) is 12.6 Å². The Labute approximate surface area is 135 Å². The Balaban J connectivity index is 1.60. The molecule has 1 atom stereocenters. The van der Waals surface area contributed by atoms with Gasteiger partial charge in [-0.1, -0.05) is 56.0 Å². The molecule has 0 N–H and O–H groups in total. The molecule has 2 aliphatic rings. The standard InChI is InChI=1S/C19H29NS/c21-16-19(11-6-1-2-7-12-19)15-20-13-10-18(14-20)17-8-4-3-5-9-17/h3-5,8-9,18,21H,1-2,6-7,10-16H2. The lowest BCUT2D eigenvalue weighted by Crippen LogP contribution is -2.37. The van der Waals surface area contributed by atoms with E-state index in [0.29, 0.717) is 5.41 Å². The summed E-state index contributed by atoms with van der Waals surface area (Å²) in [7, 11) is 0. The van der Waals surface area contributed by atoms with E-state index in [9.17, 15) is 0 Å². The second-order valence-corrected chi connectivity index (χ2v) is 7.52. The fraction of sp³-hybridized carbons (Fsp3) is 0.684. The van der Waals surface area contributed by atoms with Crippen LogP contribution < -0.4 is 0 Å². The fourth-order valence-electron chi connectivity index (χ4n) is 4.29. The Bertz CT molecular complexity index is 422. The summed E-state index contributed by atoms with van der Waals surface area (Å²) in [4.78, 5) is 2.72. The van der Waals surface area contributed by atoms with Crippen LogP contribution in [0.3, 0.4) is 0 Å². The molecule has 3 rings (SSSR count). The molecule has 1 aromatic rings. The summed E-state index contributed by atoms with van der Waals surface area (Å²) >= 11 is 4.74. The van der Waals surface area contributed by atoms with Crippen LogP contribution in [0.1, 0.15) is 56.4 Å². The third kappa shape index (κ3) is 3.84. The number of benzene rings is 1. The Morgan fingerprint density at radius 1 is 1.05 bits per heavy atom. The van der Waals surface area contributed by atoms with E-state index in [2.05, 4.69) is 35.2 Å². The molecule has 1 aliphatic carbocycles. The minimum Gasteiger partial charge on any atom is -0.302 e. The SMILES string of the molecule is SCC1(CN2CCC(c3ccccc3)C2)CCCCCC1. The van der Waals surface area contributed by atoms with E-state index in [-0.39, 0.29) is 0 Å². The first kappa shape index (κ1) is 15.4. The first-order valence-corrected chi connectivity index (χ1v) is 9.33. The lowest BCUT2D eigenvalue weighted by atomic mass is 9.81. The number of likely N-dealkylation sites (tertiary alicyclic amines) is 1. The molecule has 116 valence electrons. The summed E-state index contributed by atoms with van der Waals surface area (Å²) in [6, 6.07) is 11.1. The van der Waals surface area contributed by atoms with E-state index in [0.717, 1.165) is 11.7 Å². The second-order valence-electron chi connectivity index (χ2n) is 7.20. The third-order valence-corrected chi connectivity index (χ3v) is 6.27. The van der Waals surface area contributed by atoms with Crippen LogP contribution >= 0.6 is 12.6 Å². The van der Waals surface area contributed by atoms with Gasteiger partial charge in [0.15, 0.2) is 0 Å². The maximum Gasteiger partial charge on any atom is 0.00510 e. The summed E-state index contributed by atoms with van der Waals surface area (Å²) < 4.78 is 0. The Morgan fingerprint density at radius 3 is 2.43 bits per heavy atom. The van der Waals surface area contributed by atoms with Gasteiger partial charge >= 0.3 is 0 Å². The summed E-state index contributed by atoms with van der Waals surface area (Å²) in [5, 5.41) is 0. The molecular formula is C19H29NS. The Kier molecular flexibility index (Phi) is 5.29. The molecule has 1 nitrogen and oxygen atoms in total. The van der Waals surface area contributed by atoms with Crippen molar-refractivity contribution in [3.8, 4) is 0 Å². The number of hydrogen-bond donors (Lipinski definition) is 1. The molecule has 2 fully saturated rings. The average molecular weight is 304 g/mol. The average Bonchev–Trinajstić information content (AvgIpc) is 2.86. The van der Waals surface area contributed by atoms with Crippen LogP contribution in [0.4, 0.5) is 0 Å². The van der Waals surface area contributed by atoms with Crippen molar-refractivity contribution in [3.05, 3.63) is 35.9 Å². The molecule has 0 amide bonds. The van der Waals surface area contributed by atoms with Gasteiger partial charge in [0.05, 0.1) is 0 Å². The van der Waals surface area contributed by atoms with Crippen LogP contribution in [0.25, 0.3) is 0 Å². The van der Waals surface area contributed by atoms with Crippen LogP contribution in [-0.2, 0) is 0 Å². The van der Waals surface area contributed by atoms with Gasteiger partial charge < -0.3 is 4.90 Å². The van der Waals surface area contributed by atoms with Gasteiger partial charge in [-0.05, 0) is 48.5 Å². The van der Waals surface area contributed by atoms with Crippen LogP contribution in [-0.4, -0.2) is 30.3 Å². The zero-order valence-corrected chi connectivity index (χ0v) is 14.0. The van der Waals surface area contributed by atoms with Gasteiger partial charge in [0.2, 0.25) is 0 Å². The van der Waals surface area contributed by atoms with Crippen molar-refractivity contribution in [2.24, 2.45) is 5.41 Å². The highest BCUT2D eigenvalue weighted by atomic mass is 32.1. The largest absolute Gasteiger partial charge is 0.302 e. The molecule has 21 heavy (non-hydrogen) atoms. The lowest BCUT2D eigenvalue weighted by Gasteiger charge is -2.35. The van der Waals surface area contributed by atoms with Gasteiger partial charge in [0.1, 0.15) is 0 Å². The van der Waals surface area contributed by atoms with Crippen LogP contribution in [0.2, 0.25) is 0 Å². The van der Waals surface area contributed by atoms with Crippen molar-refractivity contribution < 1.29 is 0 Å². The molecule has 0 spiro atoms. The minimum absolute atomic E-state index is 0.491. The minimum atomic E-state index is 0.491. The molecule has 1 aromatic carbocycles. The fourth-order valence-corrected chi connectivity index (χ4v) is 4.71. The monoisotopic (exact) mass is 303 g/mol. The molecule has 1 heterocycles. The smallest absolute Gasteiger partial charge is 0.00510 e. The molecule has 1 saturated heterocycles. The van der Waals surface area contributed by atoms with Gasteiger partial charge in [-0.25, -0.2) is 0 Å². The number of rotatable bonds is 4. The van der Waals surface area contributed by atoms with E-state index < -0.39 is 0 Å². The highest BCUT2D eigenvalue weighted by Gasteiger charge is 2.34. The molecule has 1 aliphatic heterocycles. The number of thiol groups is 1. The van der Waals surface area contributed by atoms with E-state index in [1.165, 1.54) is 70.1 Å². The van der Waals surface area contributed by atoms with E-state index >= 15 is 0 Å². The zero-order chi connectivity index (χ0) is 14.5. The summed E-state index contributed by atoms with van der Waals surface area (Å²) in [5.74, 6) is 1.81. The third-order valence-electron chi connectivity index (χ3n) is 5.60. The quantitative estimate of drug-likeness (QED) is 0.621. The van der Waals surface area contributed by atoms with Gasteiger partial charge in [-0.3, -0.25) is 0 Å². The molecule has 0 aromatic heterocycles. The van der Waals surface area contributed by atoms with Gasteiger partial charge in [0, 0.05) is 13.1 Å². The van der Waals surface area contributed by atoms with Gasteiger partial charge in [0.25, 0.3) is 0 Å². The molecule has 1 unspecified atom stereocenters. The summed E-state index contributed by atoms with van der Waals surface area (Å²) in [6.45, 7) is 3.80. The molecular weight excluding hydrogens is 274 g/mol. The first-order valence-electron chi connectivity index (χ1n) is 8.69. The lowest BCUT2D eigenvalue weighted by molar-refractivity contribution is 0.173. The summed E-state index contributed by atoms with van der Waals surface area (Å²) in [6.07, 6.45) is 9.80. The van der Waals surface area contributed by atoms with Gasteiger partial charge in [-0.2, -0.15) is 12.6 Å². The summed E-state index contributed by atoms with van der Waals surface area (Å²) in [5.41, 5.74) is 2.02. The van der Waals surface area contributed by atoms with Crippen LogP contribution in [0.15, 0.2) is 30.3 Å². The van der Waals surface area contributed by atoms with E-state index in [1.54, 1.807) is 0 Å². The van der Waals surface area contributed by atoms with E-state index in [1.807, 2.05) is 0 Å². The molecule has 1 saturated carbocycles. The van der Waals surface area contributed by atoms with Crippen molar-refractivity contribution >= 4 is 12.6 Å². The maximum atomic E-state index is 4.74. The van der Waals surface area contributed by atoms with Crippen LogP contribution in [0.5, 0.6) is 0 Å². The van der Waals surface area contributed by atoms with Crippen molar-refractivity contribution in [1.29, 1.82) is 0 Å². The highest BCUT2D eigenvalue weighted by Crippen LogP contribution is 2.38. The zero-order valence-electron chi connectivity index (χ0n) is 13.1. The number of hydrogen-bond acceptors (Lipinski definition) is 2. The Hall–Kier alpha value is -0.470. The number of nitrogens with zero attached hydrogens (tertiary/aromatic N) is 1. The predicted molar refractivity (Wildman–Crippen MR) is 94.2 cm³/mol. The first-order chi connectivity index (χ1) is 10.3. The maximum absolute atomic E-state index is 4.74. The predicted octanol–water partition coefficient (Wildman–Crippen LogP) is 4.75. The Morgan fingerprint density at radius 2 is 1.76 bits per heavy atom. The molecule has 0 radical (unpaired) electrons. The van der Waals surface area contributed by atoms with Gasteiger partial charge in [-0.15, -0.1) is 0 Å². The topological polar surface area (TPSA) is 3.24 Å². The van der Waals surface area contributed by atoms with Crippen molar-refractivity contribution in [3.63, 3.8) is 0 Å². The van der Waals surface area contributed by atoms with Crippen LogP contribution in [0, 0.1) is 5.41 Å². The van der Waals surface area contributed by atoms with Crippen molar-refractivity contribution in [2.75, 3.05) is 25.4 Å². The second kappa shape index (κ2) is 7.19. The van der Waals surface area contributed by atoms with Crippen molar-refractivity contribution in [2.45, 2.75) is 50.9 Å².